The summed E-state index contributed by atoms with van der Waals surface area (Å²) in [5.74, 6) is -0.191. The maximum Gasteiger partial charge on any atom is 0.123 e. The smallest absolute Gasteiger partial charge is 0.123 e. The molecule has 0 saturated carbocycles. The van der Waals surface area contributed by atoms with Crippen LogP contribution >= 0.6 is 0 Å². The molecule has 2 nitrogen and oxygen atoms in total. The van der Waals surface area contributed by atoms with Gasteiger partial charge < -0.3 is 10.5 Å². The Morgan fingerprint density at radius 1 is 1.29 bits per heavy atom. The van der Waals surface area contributed by atoms with Gasteiger partial charge in [-0.25, -0.2) is 4.39 Å². The van der Waals surface area contributed by atoms with E-state index in [9.17, 15) is 4.39 Å². The summed E-state index contributed by atoms with van der Waals surface area (Å²) in [6.07, 6.45) is 1.93. The fraction of sp³-hybridized carbons (Fsp3) is 0.571. The molecule has 0 bridgehead atoms. The molecule has 1 aliphatic rings. The van der Waals surface area contributed by atoms with Crippen LogP contribution in [0.3, 0.4) is 0 Å². The van der Waals surface area contributed by atoms with Crippen LogP contribution in [0.1, 0.15) is 32.3 Å². The quantitative estimate of drug-likeness (QED) is 0.873. The van der Waals surface area contributed by atoms with Gasteiger partial charge in [0.05, 0.1) is 13.2 Å². The van der Waals surface area contributed by atoms with Gasteiger partial charge in [-0.1, -0.05) is 12.1 Å². The number of nitrogens with two attached hydrogens (primary N) is 1. The molecule has 0 aliphatic carbocycles. The zero-order chi connectivity index (χ0) is 12.5. The van der Waals surface area contributed by atoms with Crippen LogP contribution in [0.25, 0.3) is 0 Å². The second-order valence-corrected chi connectivity index (χ2v) is 5.77. The van der Waals surface area contributed by atoms with E-state index in [1.807, 2.05) is 26.0 Å². The van der Waals surface area contributed by atoms with Crippen molar-refractivity contribution in [2.24, 2.45) is 5.73 Å². The van der Waals surface area contributed by atoms with Crippen molar-refractivity contribution in [3.05, 3.63) is 35.6 Å². The minimum atomic E-state index is -0.191. The van der Waals surface area contributed by atoms with E-state index in [4.69, 9.17) is 10.5 Å². The van der Waals surface area contributed by atoms with Gasteiger partial charge in [0, 0.05) is 11.0 Å². The first-order valence-electron chi connectivity index (χ1n) is 6.04. The van der Waals surface area contributed by atoms with E-state index in [1.54, 1.807) is 0 Å². The summed E-state index contributed by atoms with van der Waals surface area (Å²) >= 11 is 0. The molecule has 17 heavy (non-hydrogen) atoms. The highest BCUT2D eigenvalue weighted by molar-refractivity contribution is 5.28. The number of rotatable bonds is 4. The monoisotopic (exact) mass is 237 g/mol. The molecule has 3 heteroatoms. The molecule has 1 aromatic carbocycles. The molecule has 2 N–H and O–H groups in total. The van der Waals surface area contributed by atoms with E-state index in [0.717, 1.165) is 18.4 Å². The average molecular weight is 237 g/mol. The van der Waals surface area contributed by atoms with Crippen molar-refractivity contribution in [1.82, 2.24) is 0 Å². The Hall–Kier alpha value is -0.930. The van der Waals surface area contributed by atoms with Crippen molar-refractivity contribution in [3.63, 3.8) is 0 Å². The largest absolute Gasteiger partial charge is 0.379 e. The van der Waals surface area contributed by atoms with Crippen molar-refractivity contribution in [3.8, 4) is 0 Å². The first-order valence-corrected chi connectivity index (χ1v) is 6.04. The van der Waals surface area contributed by atoms with Crippen LogP contribution in [0.2, 0.25) is 0 Å². The van der Waals surface area contributed by atoms with Crippen LogP contribution in [-0.2, 0) is 10.2 Å². The molecule has 0 atom stereocenters. The first kappa shape index (κ1) is 12.5. The second-order valence-electron chi connectivity index (χ2n) is 5.77. The van der Waals surface area contributed by atoms with Crippen LogP contribution in [0.15, 0.2) is 24.3 Å². The van der Waals surface area contributed by atoms with Crippen LogP contribution in [-0.4, -0.2) is 18.8 Å². The highest BCUT2D eigenvalue weighted by Crippen LogP contribution is 2.38. The molecule has 0 spiro atoms. The summed E-state index contributed by atoms with van der Waals surface area (Å²) in [4.78, 5) is 0. The number of hydrogen-bond donors (Lipinski definition) is 1. The Bertz CT molecular complexity index is 376. The van der Waals surface area contributed by atoms with Crippen molar-refractivity contribution in [2.45, 2.75) is 37.6 Å². The van der Waals surface area contributed by atoms with Gasteiger partial charge in [0.1, 0.15) is 5.82 Å². The third-order valence-electron chi connectivity index (χ3n) is 3.46. The Morgan fingerprint density at radius 2 is 1.88 bits per heavy atom. The Labute approximate surface area is 102 Å². The molecule has 1 fully saturated rings. The summed E-state index contributed by atoms with van der Waals surface area (Å²) in [5, 5.41) is 0. The molecule has 1 aromatic rings. The number of hydrogen-bond acceptors (Lipinski definition) is 2. The molecule has 0 aromatic heterocycles. The van der Waals surface area contributed by atoms with E-state index in [1.165, 1.54) is 12.1 Å². The van der Waals surface area contributed by atoms with Crippen LogP contribution in [0.5, 0.6) is 0 Å². The normalized spacial score (nSPS) is 18.8. The molecule has 1 heterocycles. The number of benzene rings is 1. The van der Waals surface area contributed by atoms with E-state index < -0.39 is 0 Å². The fourth-order valence-electron chi connectivity index (χ4n) is 2.17. The van der Waals surface area contributed by atoms with Crippen LogP contribution in [0.4, 0.5) is 4.39 Å². The van der Waals surface area contributed by atoms with Gasteiger partial charge in [-0.15, -0.1) is 0 Å². The summed E-state index contributed by atoms with van der Waals surface area (Å²) < 4.78 is 18.3. The van der Waals surface area contributed by atoms with Crippen molar-refractivity contribution >= 4 is 0 Å². The fourth-order valence-corrected chi connectivity index (χ4v) is 2.17. The molecule has 0 amide bonds. The van der Waals surface area contributed by atoms with Gasteiger partial charge in [0.25, 0.3) is 0 Å². The van der Waals surface area contributed by atoms with Crippen LogP contribution < -0.4 is 5.73 Å². The minimum absolute atomic E-state index is 0.0460. The molecular weight excluding hydrogens is 217 g/mol. The molecule has 0 radical (unpaired) electrons. The summed E-state index contributed by atoms with van der Waals surface area (Å²) in [5.41, 5.74) is 7.07. The predicted molar refractivity (Wildman–Crippen MR) is 66.4 cm³/mol. The van der Waals surface area contributed by atoms with Crippen molar-refractivity contribution in [1.29, 1.82) is 0 Å². The van der Waals surface area contributed by atoms with Crippen LogP contribution in [0, 0.1) is 5.82 Å². The van der Waals surface area contributed by atoms with E-state index in [-0.39, 0.29) is 16.8 Å². The van der Waals surface area contributed by atoms with E-state index >= 15 is 0 Å². The molecule has 2 rings (SSSR count). The topological polar surface area (TPSA) is 35.2 Å². The zero-order valence-corrected chi connectivity index (χ0v) is 10.5. The Morgan fingerprint density at radius 3 is 2.29 bits per heavy atom. The lowest BCUT2D eigenvalue weighted by Crippen LogP contribution is -2.48. The van der Waals surface area contributed by atoms with Gasteiger partial charge in [-0.05, 0) is 44.4 Å². The SMILES string of the molecule is CC(C)(N)CCC1(c2ccc(F)cc2)COC1. The summed E-state index contributed by atoms with van der Waals surface area (Å²) in [6.45, 7) is 5.50. The molecular formula is C14H20FNO. The lowest BCUT2D eigenvalue weighted by atomic mass is 9.73. The predicted octanol–water partition coefficient (Wildman–Crippen LogP) is 2.61. The van der Waals surface area contributed by atoms with E-state index in [0.29, 0.717) is 13.2 Å². The average Bonchev–Trinajstić information content (AvgIpc) is 2.17. The maximum atomic E-state index is 12.9. The highest BCUT2D eigenvalue weighted by atomic mass is 19.1. The number of ether oxygens (including phenoxy) is 1. The molecule has 0 unspecified atom stereocenters. The zero-order valence-electron chi connectivity index (χ0n) is 10.5. The molecule has 1 aliphatic heterocycles. The third-order valence-corrected chi connectivity index (χ3v) is 3.46. The standard InChI is InChI=1S/C14H20FNO/c1-13(2,16)7-8-14(9-17-10-14)11-3-5-12(15)6-4-11/h3-6H,7-10,16H2,1-2H3. The molecule has 1 saturated heterocycles. The maximum absolute atomic E-state index is 12.9. The van der Waals surface area contributed by atoms with Gasteiger partial charge in [-0.2, -0.15) is 0 Å². The highest BCUT2D eigenvalue weighted by Gasteiger charge is 2.40. The lowest BCUT2D eigenvalue weighted by Gasteiger charge is -2.43. The Kier molecular flexibility index (Phi) is 3.23. The summed E-state index contributed by atoms with van der Waals surface area (Å²) in [6, 6.07) is 6.76. The van der Waals surface area contributed by atoms with Crippen molar-refractivity contribution in [2.75, 3.05) is 13.2 Å². The first-order chi connectivity index (χ1) is 7.91. The second kappa shape index (κ2) is 4.39. The van der Waals surface area contributed by atoms with Gasteiger partial charge >= 0.3 is 0 Å². The summed E-state index contributed by atoms with van der Waals surface area (Å²) in [7, 11) is 0. The van der Waals surface area contributed by atoms with E-state index in [2.05, 4.69) is 0 Å². The third kappa shape index (κ3) is 2.85. The van der Waals surface area contributed by atoms with Gasteiger partial charge in [0.15, 0.2) is 0 Å². The lowest BCUT2D eigenvalue weighted by molar-refractivity contribution is -0.0669. The van der Waals surface area contributed by atoms with Crippen molar-refractivity contribution < 1.29 is 9.13 Å². The minimum Gasteiger partial charge on any atom is -0.379 e. The molecule has 94 valence electrons. The van der Waals surface area contributed by atoms with Gasteiger partial charge in [-0.3, -0.25) is 0 Å². The van der Waals surface area contributed by atoms with Gasteiger partial charge in [0.2, 0.25) is 0 Å². The Balaban J connectivity index is 2.11. The number of halogens is 1.